The lowest BCUT2D eigenvalue weighted by atomic mass is 9.98. The molecule has 2 aliphatic rings. The standard InChI is InChI=1S/2C11H22N2O2/c2*1-8-5-9(7-12-6-8)13-10(14)15-11(2,3)4/h2*8-9,12H,5-7H2,1-4H3,(H,13,14)/t8-,9+;8-,9-/m10/s1. The summed E-state index contributed by atoms with van der Waals surface area (Å²) in [5.41, 5.74) is -0.838. The van der Waals surface area contributed by atoms with Crippen LogP contribution in [-0.4, -0.2) is 61.7 Å². The highest BCUT2D eigenvalue weighted by molar-refractivity contribution is 5.68. The number of amides is 2. The van der Waals surface area contributed by atoms with Gasteiger partial charge in [-0.1, -0.05) is 13.8 Å². The maximum absolute atomic E-state index is 11.5. The highest BCUT2D eigenvalue weighted by Crippen LogP contribution is 2.12. The molecule has 2 heterocycles. The van der Waals surface area contributed by atoms with Gasteiger partial charge in [0.05, 0.1) is 0 Å². The van der Waals surface area contributed by atoms with Crippen LogP contribution in [0.15, 0.2) is 0 Å². The van der Waals surface area contributed by atoms with Gasteiger partial charge in [0.15, 0.2) is 0 Å². The molecule has 8 heteroatoms. The number of piperidine rings is 2. The molecule has 4 N–H and O–H groups in total. The number of hydrogen-bond acceptors (Lipinski definition) is 6. The molecule has 0 radical (unpaired) electrons. The lowest BCUT2D eigenvalue weighted by Crippen LogP contribution is -2.49. The van der Waals surface area contributed by atoms with Crippen molar-refractivity contribution in [2.45, 2.75) is 91.5 Å². The molecule has 0 aromatic carbocycles. The average molecular weight is 429 g/mol. The van der Waals surface area contributed by atoms with Crippen molar-refractivity contribution in [1.82, 2.24) is 21.3 Å². The van der Waals surface area contributed by atoms with Crippen molar-refractivity contribution >= 4 is 12.2 Å². The molecule has 8 nitrogen and oxygen atoms in total. The van der Waals surface area contributed by atoms with Crippen LogP contribution in [0.5, 0.6) is 0 Å². The summed E-state index contributed by atoms with van der Waals surface area (Å²) in [7, 11) is 0. The number of hydrogen-bond donors (Lipinski definition) is 4. The third-order valence-corrected chi connectivity index (χ3v) is 4.58. The van der Waals surface area contributed by atoms with Crippen molar-refractivity contribution < 1.29 is 19.1 Å². The third kappa shape index (κ3) is 12.9. The quantitative estimate of drug-likeness (QED) is 0.539. The van der Waals surface area contributed by atoms with E-state index < -0.39 is 11.2 Å². The number of ether oxygens (including phenoxy) is 2. The van der Waals surface area contributed by atoms with Gasteiger partial charge in [0, 0.05) is 25.2 Å². The van der Waals surface area contributed by atoms with E-state index in [4.69, 9.17) is 9.47 Å². The number of carbonyl (C=O) groups is 2. The maximum atomic E-state index is 11.5. The molecule has 0 aliphatic carbocycles. The zero-order chi connectivity index (χ0) is 22.9. The lowest BCUT2D eigenvalue weighted by molar-refractivity contribution is 0.0479. The largest absolute Gasteiger partial charge is 0.444 e. The Morgan fingerprint density at radius 2 is 1.03 bits per heavy atom. The Bertz CT molecular complexity index is 494. The monoisotopic (exact) mass is 428 g/mol. The fourth-order valence-corrected chi connectivity index (χ4v) is 3.48. The van der Waals surface area contributed by atoms with Crippen molar-refractivity contribution in [1.29, 1.82) is 0 Å². The molecule has 2 saturated heterocycles. The first-order valence-electron chi connectivity index (χ1n) is 11.1. The van der Waals surface area contributed by atoms with Crippen molar-refractivity contribution in [2.24, 2.45) is 11.8 Å². The minimum atomic E-state index is -0.419. The van der Waals surface area contributed by atoms with E-state index >= 15 is 0 Å². The summed E-state index contributed by atoms with van der Waals surface area (Å²) in [6.07, 6.45) is 1.41. The topological polar surface area (TPSA) is 101 Å². The van der Waals surface area contributed by atoms with Crippen molar-refractivity contribution in [3.05, 3.63) is 0 Å². The van der Waals surface area contributed by atoms with E-state index in [0.717, 1.165) is 39.0 Å². The van der Waals surface area contributed by atoms with Gasteiger partial charge in [-0.2, -0.15) is 0 Å². The predicted molar refractivity (Wildman–Crippen MR) is 120 cm³/mol. The van der Waals surface area contributed by atoms with Crippen LogP contribution in [0.25, 0.3) is 0 Å². The molecule has 2 fully saturated rings. The summed E-state index contributed by atoms with van der Waals surface area (Å²) in [4.78, 5) is 22.9. The van der Waals surface area contributed by atoms with Crippen LogP contribution in [0, 0.1) is 11.8 Å². The Morgan fingerprint density at radius 3 is 1.30 bits per heavy atom. The third-order valence-electron chi connectivity index (χ3n) is 4.58. The minimum Gasteiger partial charge on any atom is -0.444 e. The first kappa shape index (κ1) is 26.5. The second-order valence-corrected chi connectivity index (χ2v) is 10.7. The molecule has 0 spiro atoms. The molecule has 0 unspecified atom stereocenters. The number of carbonyl (C=O) groups excluding carboxylic acids is 2. The van der Waals surface area contributed by atoms with E-state index in [1.807, 2.05) is 41.5 Å². The van der Waals surface area contributed by atoms with Crippen LogP contribution in [-0.2, 0) is 9.47 Å². The Kier molecular flexibility index (Phi) is 10.4. The van der Waals surface area contributed by atoms with E-state index in [1.165, 1.54) is 0 Å². The molecule has 0 aromatic heterocycles. The summed E-state index contributed by atoms with van der Waals surface area (Å²) in [6, 6.07) is 0.396. The van der Waals surface area contributed by atoms with Gasteiger partial charge >= 0.3 is 12.2 Å². The number of rotatable bonds is 2. The fraction of sp³-hybridized carbons (Fsp3) is 0.909. The van der Waals surface area contributed by atoms with E-state index in [0.29, 0.717) is 11.8 Å². The van der Waals surface area contributed by atoms with Gasteiger partial charge in [0.25, 0.3) is 0 Å². The highest BCUT2D eigenvalue weighted by Gasteiger charge is 2.24. The second-order valence-electron chi connectivity index (χ2n) is 10.7. The molecule has 176 valence electrons. The van der Waals surface area contributed by atoms with Gasteiger partial charge in [0.2, 0.25) is 0 Å². The van der Waals surface area contributed by atoms with E-state index in [1.54, 1.807) is 0 Å². The normalized spacial score (nSPS) is 27.2. The zero-order valence-electron chi connectivity index (χ0n) is 20.2. The molecule has 30 heavy (non-hydrogen) atoms. The number of alkyl carbamates (subject to hydrolysis) is 2. The Morgan fingerprint density at radius 1 is 0.700 bits per heavy atom. The summed E-state index contributed by atoms with van der Waals surface area (Å²) >= 11 is 0. The molecule has 2 amide bonds. The molecular weight excluding hydrogens is 384 g/mol. The molecular formula is C22H44N4O4. The Balaban J connectivity index is 0.000000300. The van der Waals surface area contributed by atoms with Crippen LogP contribution in [0.1, 0.15) is 68.2 Å². The van der Waals surface area contributed by atoms with Crippen LogP contribution in [0.3, 0.4) is 0 Å². The van der Waals surface area contributed by atoms with E-state index in [2.05, 4.69) is 35.1 Å². The fourth-order valence-electron chi connectivity index (χ4n) is 3.48. The van der Waals surface area contributed by atoms with Gasteiger partial charge in [-0.15, -0.1) is 0 Å². The van der Waals surface area contributed by atoms with Gasteiger partial charge in [0.1, 0.15) is 11.2 Å². The molecule has 0 bridgehead atoms. The zero-order valence-corrected chi connectivity index (χ0v) is 20.2. The maximum Gasteiger partial charge on any atom is 0.407 e. The Hall–Kier alpha value is -1.54. The summed E-state index contributed by atoms with van der Waals surface area (Å²) in [5, 5.41) is 12.3. The minimum absolute atomic E-state index is 0.198. The summed E-state index contributed by atoms with van der Waals surface area (Å²) in [6.45, 7) is 19.3. The predicted octanol–water partition coefficient (Wildman–Crippen LogP) is 3.02. The summed E-state index contributed by atoms with van der Waals surface area (Å²) in [5.74, 6) is 1.22. The van der Waals surface area contributed by atoms with Gasteiger partial charge in [-0.25, -0.2) is 9.59 Å². The van der Waals surface area contributed by atoms with E-state index in [-0.39, 0.29) is 24.3 Å². The highest BCUT2D eigenvalue weighted by atomic mass is 16.6. The lowest BCUT2D eigenvalue weighted by Gasteiger charge is -2.29. The Labute approximate surface area is 182 Å². The van der Waals surface area contributed by atoms with Gasteiger partial charge in [-0.05, 0) is 79.3 Å². The van der Waals surface area contributed by atoms with Gasteiger partial charge < -0.3 is 30.7 Å². The SMILES string of the molecule is C[C@@H]1CNC[C@@H](NC(=O)OC(C)(C)C)C1.C[C@H]1CNC[C@@H](NC(=O)OC(C)(C)C)C1. The van der Waals surface area contributed by atoms with Crippen molar-refractivity contribution in [3.63, 3.8) is 0 Å². The molecule has 0 aromatic rings. The molecule has 2 aliphatic heterocycles. The van der Waals surface area contributed by atoms with Crippen LogP contribution in [0.4, 0.5) is 9.59 Å². The molecule has 4 atom stereocenters. The smallest absolute Gasteiger partial charge is 0.407 e. The van der Waals surface area contributed by atoms with Crippen molar-refractivity contribution in [3.8, 4) is 0 Å². The first-order chi connectivity index (χ1) is 13.7. The van der Waals surface area contributed by atoms with Crippen molar-refractivity contribution in [2.75, 3.05) is 26.2 Å². The van der Waals surface area contributed by atoms with Crippen LogP contribution in [0.2, 0.25) is 0 Å². The number of nitrogens with one attached hydrogen (secondary N) is 4. The summed E-state index contributed by atoms with van der Waals surface area (Å²) < 4.78 is 10.4. The van der Waals surface area contributed by atoms with Crippen LogP contribution < -0.4 is 21.3 Å². The average Bonchev–Trinajstić information content (AvgIpc) is 2.51. The first-order valence-corrected chi connectivity index (χ1v) is 11.1. The second kappa shape index (κ2) is 11.7. The molecule has 0 saturated carbocycles. The van der Waals surface area contributed by atoms with E-state index in [9.17, 15) is 9.59 Å². The molecule has 2 rings (SSSR count). The van der Waals surface area contributed by atoms with Gasteiger partial charge in [-0.3, -0.25) is 0 Å². The van der Waals surface area contributed by atoms with Crippen LogP contribution >= 0.6 is 0 Å².